The largest absolute Gasteiger partial charge is 0.478 e. The number of carboxylic acid groups (broad SMARTS) is 1. The van der Waals surface area contributed by atoms with Crippen molar-refractivity contribution in [3.8, 4) is 0 Å². The molecule has 0 unspecified atom stereocenters. The van der Waals surface area contributed by atoms with Gasteiger partial charge in [-0.15, -0.1) is 0 Å². The molecule has 0 fully saturated rings. The Hall–Kier alpha value is -2.18. The van der Waals surface area contributed by atoms with Gasteiger partial charge in [-0.05, 0) is 11.0 Å². The molecule has 0 aliphatic rings. The summed E-state index contributed by atoms with van der Waals surface area (Å²) in [5.74, 6) is -1.44. The summed E-state index contributed by atoms with van der Waals surface area (Å²) in [5, 5.41) is 18.7. The van der Waals surface area contributed by atoms with E-state index in [2.05, 4.69) is 4.98 Å². The lowest BCUT2D eigenvalue weighted by Gasteiger charge is -1.94. The molecule has 7 heteroatoms. The van der Waals surface area contributed by atoms with Crippen LogP contribution in [0.3, 0.4) is 0 Å². The quantitative estimate of drug-likeness (QED) is 0.430. The lowest BCUT2D eigenvalue weighted by molar-refractivity contribution is -0.396. The van der Waals surface area contributed by atoms with Crippen LogP contribution in [0, 0.1) is 10.1 Å². The van der Waals surface area contributed by atoms with E-state index >= 15 is 0 Å². The fourth-order valence-electron chi connectivity index (χ4n) is 0.894. The van der Waals surface area contributed by atoms with Crippen molar-refractivity contribution in [2.24, 2.45) is 7.05 Å². The lowest BCUT2D eigenvalue weighted by atomic mass is 10.4. The smallest absolute Gasteiger partial charge is 0.434 e. The van der Waals surface area contributed by atoms with E-state index in [0.29, 0.717) is 5.69 Å². The third kappa shape index (κ3) is 1.94. The van der Waals surface area contributed by atoms with E-state index < -0.39 is 10.9 Å². The van der Waals surface area contributed by atoms with Gasteiger partial charge in [0.15, 0.2) is 0 Å². The van der Waals surface area contributed by atoms with Gasteiger partial charge < -0.3 is 15.2 Å². The van der Waals surface area contributed by atoms with Gasteiger partial charge in [0.25, 0.3) is 0 Å². The van der Waals surface area contributed by atoms with Crippen molar-refractivity contribution < 1.29 is 14.8 Å². The average Bonchev–Trinajstić information content (AvgIpc) is 2.43. The Morgan fingerprint density at radius 2 is 2.43 bits per heavy atom. The molecule has 1 rings (SSSR count). The molecule has 0 radical (unpaired) electrons. The summed E-state index contributed by atoms with van der Waals surface area (Å²) >= 11 is 0. The number of nitrogens with zero attached hydrogens (tertiary/aromatic N) is 3. The molecule has 0 aromatic carbocycles. The summed E-state index contributed by atoms with van der Waals surface area (Å²) < 4.78 is 1.19. The summed E-state index contributed by atoms with van der Waals surface area (Å²) in [4.78, 5) is 23.4. The topological polar surface area (TPSA) is 98.3 Å². The number of hydrogen-bond acceptors (Lipinski definition) is 4. The Morgan fingerprint density at radius 1 is 1.79 bits per heavy atom. The maximum atomic E-state index is 10.4. The van der Waals surface area contributed by atoms with Gasteiger partial charge >= 0.3 is 11.9 Å². The van der Waals surface area contributed by atoms with Gasteiger partial charge in [0.05, 0.1) is 7.05 Å². The van der Waals surface area contributed by atoms with Gasteiger partial charge in [0.1, 0.15) is 11.9 Å². The first kappa shape index (κ1) is 9.90. The van der Waals surface area contributed by atoms with E-state index in [1.165, 1.54) is 23.9 Å². The number of rotatable bonds is 3. The van der Waals surface area contributed by atoms with Crippen LogP contribution in [0.4, 0.5) is 5.95 Å². The fourth-order valence-corrected chi connectivity index (χ4v) is 0.894. The maximum Gasteiger partial charge on any atom is 0.434 e. The molecular formula is C7H7N3O4. The Balaban J connectivity index is 3.01. The van der Waals surface area contributed by atoms with E-state index in [0.717, 1.165) is 6.08 Å². The molecule has 74 valence electrons. The van der Waals surface area contributed by atoms with Crippen molar-refractivity contribution in [1.29, 1.82) is 0 Å². The molecule has 1 aromatic rings. The van der Waals surface area contributed by atoms with Gasteiger partial charge in [0.2, 0.25) is 0 Å². The predicted octanol–water partition coefficient (Wildman–Crippen LogP) is 0.426. The minimum absolute atomic E-state index is 0.324. The summed E-state index contributed by atoms with van der Waals surface area (Å²) in [6.45, 7) is 0. The molecule has 1 N–H and O–H groups in total. The second kappa shape index (κ2) is 3.69. The number of aromatic nitrogens is 2. The van der Waals surface area contributed by atoms with Crippen LogP contribution >= 0.6 is 0 Å². The van der Waals surface area contributed by atoms with Crippen molar-refractivity contribution in [2.75, 3.05) is 0 Å². The van der Waals surface area contributed by atoms with Crippen LogP contribution in [0.1, 0.15) is 5.69 Å². The van der Waals surface area contributed by atoms with Crippen LogP contribution < -0.4 is 0 Å². The summed E-state index contributed by atoms with van der Waals surface area (Å²) in [6, 6.07) is 0. The molecule has 1 heterocycles. The monoisotopic (exact) mass is 197 g/mol. The first-order valence-electron chi connectivity index (χ1n) is 3.59. The normalized spacial score (nSPS) is 10.6. The van der Waals surface area contributed by atoms with Crippen LogP contribution in [-0.4, -0.2) is 25.6 Å². The van der Waals surface area contributed by atoms with Crippen LogP contribution in [0.15, 0.2) is 12.3 Å². The molecular weight excluding hydrogens is 190 g/mol. The first-order valence-corrected chi connectivity index (χ1v) is 3.59. The number of nitro groups is 1. The number of aliphatic carboxylic acids is 1. The van der Waals surface area contributed by atoms with Crippen molar-refractivity contribution in [3.05, 3.63) is 28.1 Å². The second-order valence-corrected chi connectivity index (χ2v) is 2.47. The number of imidazole rings is 1. The lowest BCUT2D eigenvalue weighted by Crippen LogP contribution is -1.99. The van der Waals surface area contributed by atoms with Crippen LogP contribution in [0.25, 0.3) is 6.08 Å². The standard InChI is InChI=1S/C7H7N3O4/c1-9-5(2-3-6(11)12)4-8-7(9)10(13)14/h2-4H,1H3,(H,11,12)/b3-2-. The molecule has 0 aliphatic carbocycles. The molecule has 7 nitrogen and oxygen atoms in total. The molecule has 0 spiro atoms. The maximum absolute atomic E-state index is 10.4. The van der Waals surface area contributed by atoms with E-state index in [9.17, 15) is 14.9 Å². The van der Waals surface area contributed by atoms with Crippen molar-refractivity contribution in [2.45, 2.75) is 0 Å². The molecule has 0 aliphatic heterocycles. The van der Waals surface area contributed by atoms with Crippen molar-refractivity contribution >= 4 is 18.0 Å². The van der Waals surface area contributed by atoms with Gasteiger partial charge in [-0.1, -0.05) is 4.98 Å². The fraction of sp³-hybridized carbons (Fsp3) is 0.143. The number of hydrogen-bond donors (Lipinski definition) is 1. The first-order chi connectivity index (χ1) is 6.52. The van der Waals surface area contributed by atoms with Gasteiger partial charge in [-0.2, -0.15) is 0 Å². The highest BCUT2D eigenvalue weighted by atomic mass is 16.6. The Bertz CT molecular complexity index is 407. The van der Waals surface area contributed by atoms with E-state index in [1.807, 2.05) is 0 Å². The Morgan fingerprint density at radius 3 is 2.86 bits per heavy atom. The van der Waals surface area contributed by atoms with Gasteiger partial charge in [-0.3, -0.25) is 0 Å². The average molecular weight is 197 g/mol. The minimum atomic E-state index is -1.12. The van der Waals surface area contributed by atoms with E-state index in [4.69, 9.17) is 5.11 Å². The van der Waals surface area contributed by atoms with Crippen molar-refractivity contribution in [1.82, 2.24) is 9.55 Å². The van der Waals surface area contributed by atoms with E-state index in [-0.39, 0.29) is 5.95 Å². The SMILES string of the molecule is Cn1c(/C=C\C(=O)O)cnc1[N+](=O)[O-]. The third-order valence-corrected chi connectivity index (χ3v) is 1.56. The second-order valence-electron chi connectivity index (χ2n) is 2.47. The summed E-state index contributed by atoms with van der Waals surface area (Å²) in [7, 11) is 1.44. The van der Waals surface area contributed by atoms with Crippen LogP contribution in [0.2, 0.25) is 0 Å². The molecule has 0 amide bonds. The minimum Gasteiger partial charge on any atom is -0.478 e. The molecule has 0 saturated heterocycles. The molecule has 1 aromatic heterocycles. The molecule has 0 bridgehead atoms. The molecule has 14 heavy (non-hydrogen) atoms. The van der Waals surface area contributed by atoms with Crippen LogP contribution in [-0.2, 0) is 11.8 Å². The highest BCUT2D eigenvalue weighted by Gasteiger charge is 2.14. The number of carboxylic acids is 1. The zero-order chi connectivity index (χ0) is 10.7. The number of carbonyl (C=O) groups is 1. The predicted molar refractivity (Wildman–Crippen MR) is 46.5 cm³/mol. The van der Waals surface area contributed by atoms with E-state index in [1.54, 1.807) is 0 Å². The van der Waals surface area contributed by atoms with Gasteiger partial charge in [0, 0.05) is 6.08 Å². The summed E-state index contributed by atoms with van der Waals surface area (Å²) in [5.41, 5.74) is 0.360. The highest BCUT2D eigenvalue weighted by Crippen LogP contribution is 2.11. The Kier molecular flexibility index (Phi) is 2.61. The van der Waals surface area contributed by atoms with Crippen molar-refractivity contribution in [3.63, 3.8) is 0 Å². The third-order valence-electron chi connectivity index (χ3n) is 1.56. The van der Waals surface area contributed by atoms with Gasteiger partial charge in [-0.25, -0.2) is 9.36 Å². The summed E-state index contributed by atoms with van der Waals surface area (Å²) in [6.07, 6.45) is 3.36. The zero-order valence-electron chi connectivity index (χ0n) is 7.25. The Labute approximate surface area is 78.4 Å². The zero-order valence-corrected chi connectivity index (χ0v) is 7.25. The molecule has 0 saturated carbocycles. The van der Waals surface area contributed by atoms with Crippen LogP contribution in [0.5, 0.6) is 0 Å². The molecule has 0 atom stereocenters. The highest BCUT2D eigenvalue weighted by molar-refractivity contribution is 5.84.